The number of methoxy groups -OCH3 is 1. The number of carbonyl (C=O) groups is 2. The van der Waals surface area contributed by atoms with Gasteiger partial charge in [0.2, 0.25) is 0 Å². The van der Waals surface area contributed by atoms with Crippen molar-refractivity contribution in [1.29, 1.82) is 0 Å². The maximum Gasteiger partial charge on any atom is 0.337 e. The summed E-state index contributed by atoms with van der Waals surface area (Å²) >= 11 is 0. The summed E-state index contributed by atoms with van der Waals surface area (Å²) < 4.78 is 40.3. The Balaban J connectivity index is 2.10. The number of ether oxygens (including phenoxy) is 2. The number of aryl methyl sites for hydroxylation is 1. The van der Waals surface area contributed by atoms with E-state index in [2.05, 4.69) is 4.74 Å². The van der Waals surface area contributed by atoms with Gasteiger partial charge in [-0.25, -0.2) is 9.59 Å². The van der Waals surface area contributed by atoms with Crippen LogP contribution in [0.4, 0.5) is 0 Å². The summed E-state index contributed by atoms with van der Waals surface area (Å²) in [5.74, 6) is -1.29. The molecule has 0 fully saturated rings. The SMILES string of the molecule is CCCOC(=O)[C@@H](CCCc1ccccc1)OS(=O)(=O)c1ccc(C(=O)OC)cc1. The smallest absolute Gasteiger partial charge is 0.337 e. The molecule has 0 N–H and O–H groups in total. The standard InChI is InChI=1S/C22H26O7S/c1-3-16-28-22(24)20(11-7-10-17-8-5-4-6-9-17)29-30(25,26)19-14-12-18(13-15-19)21(23)27-2/h4-6,8-9,12-15,20H,3,7,10-11,16H2,1-2H3/t20-/m1/s1. The Bertz CT molecular complexity index is 922. The summed E-state index contributed by atoms with van der Waals surface area (Å²) in [7, 11) is -2.99. The van der Waals surface area contributed by atoms with Crippen LogP contribution in [0.25, 0.3) is 0 Å². The summed E-state index contributed by atoms with van der Waals surface area (Å²) in [6.07, 6.45) is 0.786. The zero-order chi connectivity index (χ0) is 22.0. The van der Waals surface area contributed by atoms with Crippen LogP contribution in [0.2, 0.25) is 0 Å². The average Bonchev–Trinajstić information content (AvgIpc) is 2.77. The minimum Gasteiger partial charge on any atom is -0.465 e. The second-order valence-corrected chi connectivity index (χ2v) is 8.17. The maximum absolute atomic E-state index is 12.7. The van der Waals surface area contributed by atoms with E-state index in [1.54, 1.807) is 0 Å². The number of hydrogen-bond acceptors (Lipinski definition) is 7. The zero-order valence-electron chi connectivity index (χ0n) is 17.1. The van der Waals surface area contributed by atoms with Gasteiger partial charge >= 0.3 is 11.9 Å². The molecular formula is C22H26O7S. The minimum absolute atomic E-state index is 0.161. The predicted octanol–water partition coefficient (Wildman–Crippen LogP) is 3.52. The number of esters is 2. The molecule has 1 atom stereocenters. The summed E-state index contributed by atoms with van der Waals surface area (Å²) in [4.78, 5) is 23.7. The normalized spacial score (nSPS) is 12.2. The van der Waals surface area contributed by atoms with E-state index in [1.165, 1.54) is 31.4 Å². The molecule has 0 radical (unpaired) electrons. The van der Waals surface area contributed by atoms with Crippen molar-refractivity contribution in [1.82, 2.24) is 0 Å². The van der Waals surface area contributed by atoms with Gasteiger partial charge in [-0.05, 0) is 55.5 Å². The lowest BCUT2D eigenvalue weighted by Gasteiger charge is -2.17. The summed E-state index contributed by atoms with van der Waals surface area (Å²) in [6.45, 7) is 2.03. The highest BCUT2D eigenvalue weighted by atomic mass is 32.2. The van der Waals surface area contributed by atoms with E-state index in [-0.39, 0.29) is 23.5 Å². The first kappa shape index (κ1) is 23.6. The minimum atomic E-state index is -4.23. The molecule has 162 valence electrons. The fourth-order valence-electron chi connectivity index (χ4n) is 2.72. The van der Waals surface area contributed by atoms with E-state index in [0.717, 1.165) is 5.56 Å². The Labute approximate surface area is 177 Å². The molecule has 2 aromatic rings. The fourth-order valence-corrected chi connectivity index (χ4v) is 3.78. The molecule has 0 spiro atoms. The second-order valence-electron chi connectivity index (χ2n) is 6.60. The Hall–Kier alpha value is -2.71. The predicted molar refractivity (Wildman–Crippen MR) is 110 cm³/mol. The molecule has 0 aliphatic heterocycles. The summed E-state index contributed by atoms with van der Waals surface area (Å²) in [5, 5.41) is 0. The molecule has 8 heteroatoms. The molecule has 0 aromatic heterocycles. The Morgan fingerprint density at radius 3 is 2.27 bits per heavy atom. The van der Waals surface area contributed by atoms with E-state index >= 15 is 0 Å². The highest BCUT2D eigenvalue weighted by Gasteiger charge is 2.28. The van der Waals surface area contributed by atoms with Gasteiger partial charge in [0.25, 0.3) is 10.1 Å². The lowest BCUT2D eigenvalue weighted by Crippen LogP contribution is -2.30. The van der Waals surface area contributed by atoms with Crippen molar-refractivity contribution in [3.8, 4) is 0 Å². The van der Waals surface area contributed by atoms with Crippen LogP contribution in [0.15, 0.2) is 59.5 Å². The van der Waals surface area contributed by atoms with Crippen molar-refractivity contribution in [3.63, 3.8) is 0 Å². The topological polar surface area (TPSA) is 96.0 Å². The first-order valence-corrected chi connectivity index (χ1v) is 11.1. The Morgan fingerprint density at radius 1 is 1.00 bits per heavy atom. The molecule has 0 amide bonds. The first-order valence-electron chi connectivity index (χ1n) is 9.69. The van der Waals surface area contributed by atoms with Crippen LogP contribution in [-0.4, -0.2) is 40.2 Å². The van der Waals surface area contributed by atoms with Gasteiger partial charge in [0.1, 0.15) is 0 Å². The van der Waals surface area contributed by atoms with Crippen LogP contribution in [0.1, 0.15) is 42.1 Å². The molecule has 0 unspecified atom stereocenters. The summed E-state index contributed by atoms with van der Waals surface area (Å²) in [5.41, 5.74) is 1.29. The van der Waals surface area contributed by atoms with Crippen molar-refractivity contribution in [2.24, 2.45) is 0 Å². The van der Waals surface area contributed by atoms with Crippen LogP contribution in [0.3, 0.4) is 0 Å². The van der Waals surface area contributed by atoms with E-state index in [9.17, 15) is 18.0 Å². The molecule has 0 saturated carbocycles. The molecule has 0 heterocycles. The number of hydrogen-bond donors (Lipinski definition) is 0. The number of rotatable bonds is 11. The van der Waals surface area contributed by atoms with E-state index in [4.69, 9.17) is 8.92 Å². The van der Waals surface area contributed by atoms with E-state index in [1.807, 2.05) is 37.3 Å². The molecule has 30 heavy (non-hydrogen) atoms. The van der Waals surface area contributed by atoms with Crippen LogP contribution in [0.5, 0.6) is 0 Å². The molecule has 7 nitrogen and oxygen atoms in total. The molecular weight excluding hydrogens is 408 g/mol. The third-order valence-electron chi connectivity index (χ3n) is 4.29. The van der Waals surface area contributed by atoms with Gasteiger partial charge in [-0.1, -0.05) is 37.3 Å². The number of carbonyl (C=O) groups excluding carboxylic acids is 2. The molecule has 0 saturated heterocycles. The van der Waals surface area contributed by atoms with Gasteiger partial charge in [-0.2, -0.15) is 8.42 Å². The highest BCUT2D eigenvalue weighted by molar-refractivity contribution is 7.86. The van der Waals surface area contributed by atoms with Gasteiger partial charge in [-0.15, -0.1) is 0 Å². The largest absolute Gasteiger partial charge is 0.465 e. The molecule has 0 aliphatic carbocycles. The second kappa shape index (κ2) is 11.5. The third-order valence-corrected chi connectivity index (χ3v) is 5.63. The monoisotopic (exact) mass is 434 g/mol. The lowest BCUT2D eigenvalue weighted by molar-refractivity contribution is -0.152. The highest BCUT2D eigenvalue weighted by Crippen LogP contribution is 2.19. The van der Waals surface area contributed by atoms with Gasteiger partial charge in [0.05, 0.1) is 24.2 Å². The molecule has 2 rings (SSSR count). The lowest BCUT2D eigenvalue weighted by atomic mass is 10.1. The number of benzene rings is 2. The van der Waals surface area contributed by atoms with Crippen molar-refractivity contribution in [3.05, 3.63) is 65.7 Å². The fraction of sp³-hybridized carbons (Fsp3) is 0.364. The van der Waals surface area contributed by atoms with Crippen LogP contribution >= 0.6 is 0 Å². The van der Waals surface area contributed by atoms with Crippen LogP contribution < -0.4 is 0 Å². The van der Waals surface area contributed by atoms with Gasteiger partial charge in [0.15, 0.2) is 6.10 Å². The van der Waals surface area contributed by atoms with Crippen LogP contribution in [0, 0.1) is 0 Å². The van der Waals surface area contributed by atoms with E-state index < -0.39 is 28.2 Å². The van der Waals surface area contributed by atoms with Crippen LogP contribution in [-0.2, 0) is 35.0 Å². The van der Waals surface area contributed by atoms with Gasteiger partial charge < -0.3 is 9.47 Å². The maximum atomic E-state index is 12.7. The van der Waals surface area contributed by atoms with Gasteiger partial charge in [-0.3, -0.25) is 4.18 Å². The average molecular weight is 435 g/mol. The Kier molecular flexibility index (Phi) is 9.01. The third kappa shape index (κ3) is 6.96. The van der Waals surface area contributed by atoms with Crippen molar-refractivity contribution in [2.45, 2.75) is 43.6 Å². The van der Waals surface area contributed by atoms with Crippen molar-refractivity contribution < 1.29 is 31.7 Å². The van der Waals surface area contributed by atoms with Crippen molar-refractivity contribution in [2.75, 3.05) is 13.7 Å². The van der Waals surface area contributed by atoms with Crippen molar-refractivity contribution >= 4 is 22.1 Å². The molecule has 0 bridgehead atoms. The first-order chi connectivity index (χ1) is 14.4. The quantitative estimate of drug-likeness (QED) is 0.394. The Morgan fingerprint density at radius 2 is 1.67 bits per heavy atom. The molecule has 0 aliphatic rings. The molecule has 2 aromatic carbocycles. The van der Waals surface area contributed by atoms with E-state index in [0.29, 0.717) is 19.3 Å². The zero-order valence-corrected chi connectivity index (χ0v) is 17.9. The summed E-state index contributed by atoms with van der Waals surface area (Å²) in [6, 6.07) is 14.8. The van der Waals surface area contributed by atoms with Gasteiger partial charge in [0, 0.05) is 0 Å².